The van der Waals surface area contributed by atoms with Crippen LogP contribution < -0.4 is 10.5 Å². The van der Waals surface area contributed by atoms with Gasteiger partial charge in [0.1, 0.15) is 5.75 Å². The predicted octanol–water partition coefficient (Wildman–Crippen LogP) is 1.97. The molecule has 4 nitrogen and oxygen atoms in total. The molecule has 1 fully saturated rings. The molecule has 3 atom stereocenters. The summed E-state index contributed by atoms with van der Waals surface area (Å²) in [6.45, 7) is 3.45. The van der Waals surface area contributed by atoms with Crippen molar-refractivity contribution in [3.8, 4) is 5.75 Å². The minimum atomic E-state index is -0.360. The molecule has 1 aromatic rings. The van der Waals surface area contributed by atoms with Crippen molar-refractivity contribution in [3.63, 3.8) is 0 Å². The van der Waals surface area contributed by atoms with E-state index < -0.39 is 0 Å². The first-order valence-corrected chi connectivity index (χ1v) is 7.99. The topological polar surface area (TPSA) is 55.6 Å². The highest BCUT2D eigenvalue weighted by molar-refractivity contribution is 5.83. The van der Waals surface area contributed by atoms with Gasteiger partial charge in [0.2, 0.25) is 0 Å². The summed E-state index contributed by atoms with van der Waals surface area (Å²) < 4.78 is 5.86. The Kier molecular flexibility index (Phi) is 4.15. The van der Waals surface area contributed by atoms with Crippen molar-refractivity contribution >= 4 is 5.91 Å². The second kappa shape index (κ2) is 6.06. The molecular weight excluding hydrogens is 264 g/mol. The number of hydrogen-bond acceptors (Lipinski definition) is 3. The van der Waals surface area contributed by atoms with Crippen LogP contribution in [0.5, 0.6) is 5.75 Å². The standard InChI is InChI=1S/C17H24N2O2/c1-2-19(14-8-5-7-13(14)11-18)17(20)16-10-12-6-3-4-9-15(12)21-16/h3-4,6,9,13-14,16H,2,5,7-8,10-11,18H2,1H3. The monoisotopic (exact) mass is 288 g/mol. The molecule has 3 unspecified atom stereocenters. The molecule has 2 aliphatic rings. The molecule has 0 aromatic heterocycles. The van der Waals surface area contributed by atoms with E-state index in [4.69, 9.17) is 10.5 Å². The molecule has 0 spiro atoms. The highest BCUT2D eigenvalue weighted by Gasteiger charge is 2.38. The Morgan fingerprint density at radius 1 is 1.38 bits per heavy atom. The zero-order chi connectivity index (χ0) is 14.8. The number of amides is 1. The maximum atomic E-state index is 12.9. The first-order chi connectivity index (χ1) is 10.2. The van der Waals surface area contributed by atoms with Crippen LogP contribution >= 0.6 is 0 Å². The Balaban J connectivity index is 1.72. The Bertz CT molecular complexity index is 492. The van der Waals surface area contributed by atoms with Crippen LogP contribution in [-0.2, 0) is 11.2 Å². The van der Waals surface area contributed by atoms with E-state index in [-0.39, 0.29) is 12.0 Å². The molecule has 1 heterocycles. The van der Waals surface area contributed by atoms with Gasteiger partial charge in [-0.25, -0.2) is 0 Å². The zero-order valence-corrected chi connectivity index (χ0v) is 12.6. The van der Waals surface area contributed by atoms with Gasteiger partial charge in [-0.1, -0.05) is 24.6 Å². The summed E-state index contributed by atoms with van der Waals surface area (Å²) in [6.07, 6.45) is 3.70. The first kappa shape index (κ1) is 14.4. The first-order valence-electron chi connectivity index (χ1n) is 7.99. The Labute approximate surface area is 126 Å². The molecule has 0 bridgehead atoms. The molecule has 21 heavy (non-hydrogen) atoms. The van der Waals surface area contributed by atoms with Gasteiger partial charge in [0, 0.05) is 19.0 Å². The summed E-state index contributed by atoms with van der Waals surface area (Å²) in [4.78, 5) is 14.9. The summed E-state index contributed by atoms with van der Waals surface area (Å²) >= 11 is 0. The molecule has 1 aliphatic heterocycles. The van der Waals surface area contributed by atoms with Gasteiger partial charge in [-0.3, -0.25) is 4.79 Å². The van der Waals surface area contributed by atoms with Crippen molar-refractivity contribution in [2.75, 3.05) is 13.1 Å². The van der Waals surface area contributed by atoms with Gasteiger partial charge in [-0.2, -0.15) is 0 Å². The highest BCUT2D eigenvalue weighted by atomic mass is 16.5. The summed E-state index contributed by atoms with van der Waals surface area (Å²) in [6, 6.07) is 8.22. The van der Waals surface area contributed by atoms with E-state index >= 15 is 0 Å². The van der Waals surface area contributed by atoms with Crippen molar-refractivity contribution in [1.29, 1.82) is 0 Å². The quantitative estimate of drug-likeness (QED) is 0.921. The van der Waals surface area contributed by atoms with Crippen LogP contribution in [-0.4, -0.2) is 36.0 Å². The zero-order valence-electron chi connectivity index (χ0n) is 12.6. The fraction of sp³-hybridized carbons (Fsp3) is 0.588. The molecule has 1 aromatic carbocycles. The number of carbonyl (C=O) groups is 1. The maximum Gasteiger partial charge on any atom is 0.264 e. The van der Waals surface area contributed by atoms with Gasteiger partial charge >= 0.3 is 0 Å². The fourth-order valence-electron chi connectivity index (χ4n) is 3.76. The van der Waals surface area contributed by atoms with Crippen molar-refractivity contribution < 1.29 is 9.53 Å². The SMILES string of the molecule is CCN(C(=O)C1Cc2ccccc2O1)C1CCCC1CN. The van der Waals surface area contributed by atoms with Crippen molar-refractivity contribution in [3.05, 3.63) is 29.8 Å². The molecule has 3 rings (SSSR count). The van der Waals surface area contributed by atoms with Gasteiger partial charge in [-0.05, 0) is 43.9 Å². The van der Waals surface area contributed by atoms with Crippen LogP contribution in [0.25, 0.3) is 0 Å². The molecule has 2 N–H and O–H groups in total. The number of nitrogens with zero attached hydrogens (tertiary/aromatic N) is 1. The largest absolute Gasteiger partial charge is 0.480 e. The molecule has 1 amide bonds. The van der Waals surface area contributed by atoms with Gasteiger partial charge in [0.25, 0.3) is 5.91 Å². The summed E-state index contributed by atoms with van der Waals surface area (Å²) in [7, 11) is 0. The van der Waals surface area contributed by atoms with E-state index in [1.165, 1.54) is 6.42 Å². The number of ether oxygens (including phenoxy) is 1. The average Bonchev–Trinajstić information content (AvgIpc) is 3.14. The molecule has 114 valence electrons. The van der Waals surface area contributed by atoms with Crippen LogP contribution in [0.2, 0.25) is 0 Å². The van der Waals surface area contributed by atoms with Crippen LogP contribution in [0.1, 0.15) is 31.7 Å². The summed E-state index contributed by atoms with van der Waals surface area (Å²) in [5, 5.41) is 0. The number of carbonyl (C=O) groups excluding carboxylic acids is 1. The van der Waals surface area contributed by atoms with E-state index in [9.17, 15) is 4.79 Å². The molecule has 1 saturated carbocycles. The maximum absolute atomic E-state index is 12.9. The minimum absolute atomic E-state index is 0.124. The Hall–Kier alpha value is -1.55. The predicted molar refractivity (Wildman–Crippen MR) is 82.1 cm³/mol. The third kappa shape index (κ3) is 2.64. The fourth-order valence-corrected chi connectivity index (χ4v) is 3.76. The lowest BCUT2D eigenvalue weighted by molar-refractivity contribution is -0.140. The van der Waals surface area contributed by atoms with E-state index in [2.05, 4.69) is 0 Å². The van der Waals surface area contributed by atoms with Crippen molar-refractivity contribution in [2.45, 2.75) is 44.8 Å². The summed E-state index contributed by atoms with van der Waals surface area (Å²) in [5.41, 5.74) is 7.00. The van der Waals surface area contributed by atoms with E-state index in [0.717, 1.165) is 30.7 Å². The summed E-state index contributed by atoms with van der Waals surface area (Å²) in [5.74, 6) is 1.42. The van der Waals surface area contributed by atoms with E-state index in [1.807, 2.05) is 36.1 Å². The molecule has 4 heteroatoms. The lowest BCUT2D eigenvalue weighted by Crippen LogP contribution is -2.49. The third-order valence-electron chi connectivity index (χ3n) is 4.87. The van der Waals surface area contributed by atoms with Crippen LogP contribution in [0, 0.1) is 5.92 Å². The Morgan fingerprint density at radius 3 is 2.90 bits per heavy atom. The normalized spacial score (nSPS) is 27.2. The van der Waals surface area contributed by atoms with Gasteiger partial charge in [-0.15, -0.1) is 0 Å². The number of para-hydroxylation sites is 1. The van der Waals surface area contributed by atoms with Crippen molar-refractivity contribution in [1.82, 2.24) is 4.90 Å². The molecular formula is C17H24N2O2. The van der Waals surface area contributed by atoms with E-state index in [1.54, 1.807) is 0 Å². The lowest BCUT2D eigenvalue weighted by Gasteiger charge is -2.33. The lowest BCUT2D eigenvalue weighted by atomic mass is 10.0. The van der Waals surface area contributed by atoms with E-state index in [0.29, 0.717) is 24.9 Å². The smallest absolute Gasteiger partial charge is 0.264 e. The average molecular weight is 288 g/mol. The highest BCUT2D eigenvalue weighted by Crippen LogP contribution is 2.33. The minimum Gasteiger partial charge on any atom is -0.480 e. The van der Waals surface area contributed by atoms with Gasteiger partial charge in [0.05, 0.1) is 0 Å². The number of likely N-dealkylation sites (N-methyl/N-ethyl adjacent to an activating group) is 1. The number of nitrogens with two attached hydrogens (primary N) is 1. The number of hydrogen-bond donors (Lipinski definition) is 1. The number of benzene rings is 1. The number of rotatable bonds is 4. The third-order valence-corrected chi connectivity index (χ3v) is 4.87. The van der Waals surface area contributed by atoms with Crippen LogP contribution in [0.3, 0.4) is 0 Å². The molecule has 0 radical (unpaired) electrons. The molecule has 1 aliphatic carbocycles. The van der Waals surface area contributed by atoms with Gasteiger partial charge in [0.15, 0.2) is 6.10 Å². The second-order valence-electron chi connectivity index (χ2n) is 6.04. The molecule has 0 saturated heterocycles. The van der Waals surface area contributed by atoms with Crippen LogP contribution in [0.15, 0.2) is 24.3 Å². The number of fused-ring (bicyclic) bond motifs is 1. The Morgan fingerprint density at radius 2 is 2.19 bits per heavy atom. The van der Waals surface area contributed by atoms with Gasteiger partial charge < -0.3 is 15.4 Å². The van der Waals surface area contributed by atoms with Crippen molar-refractivity contribution in [2.24, 2.45) is 11.7 Å². The second-order valence-corrected chi connectivity index (χ2v) is 6.04. The van der Waals surface area contributed by atoms with Crippen LogP contribution in [0.4, 0.5) is 0 Å².